The van der Waals surface area contributed by atoms with Crippen LogP contribution in [0.4, 0.5) is 13.6 Å². The average Bonchev–Trinajstić information content (AvgIpc) is 2.46. The lowest BCUT2D eigenvalue weighted by Gasteiger charge is -2.14. The molecule has 24 heavy (non-hydrogen) atoms. The van der Waals surface area contributed by atoms with Crippen LogP contribution < -0.4 is 15.4 Å². The number of alkyl halides is 2. The summed E-state index contributed by atoms with van der Waals surface area (Å²) in [4.78, 5) is 35.0. The fourth-order valence-corrected chi connectivity index (χ4v) is 1.57. The van der Waals surface area contributed by atoms with Gasteiger partial charge in [0.1, 0.15) is 5.75 Å². The minimum atomic E-state index is -2.97. The topological polar surface area (TPSA) is 93.7 Å². The Balaban J connectivity index is 2.56. The summed E-state index contributed by atoms with van der Waals surface area (Å²) in [5.74, 6) is -1.75. The third-order valence-corrected chi connectivity index (χ3v) is 2.62. The van der Waals surface area contributed by atoms with Crippen molar-refractivity contribution in [3.63, 3.8) is 0 Å². The van der Waals surface area contributed by atoms with Crippen molar-refractivity contribution in [3.8, 4) is 5.75 Å². The van der Waals surface area contributed by atoms with Crippen molar-refractivity contribution in [2.75, 3.05) is 0 Å². The highest BCUT2D eigenvalue weighted by atomic mass is 19.3. The third-order valence-electron chi connectivity index (χ3n) is 2.62. The minimum Gasteiger partial charge on any atom is -0.449 e. The molecule has 0 aromatic heterocycles. The Labute approximate surface area is 137 Å². The second-order valence-corrected chi connectivity index (χ2v) is 5.07. The van der Waals surface area contributed by atoms with E-state index < -0.39 is 30.6 Å². The number of carbonyl (C=O) groups is 3. The predicted octanol–water partition coefficient (Wildman–Crippen LogP) is 2.07. The normalized spacial score (nSPS) is 11.8. The number of imide groups is 1. The number of carbonyl (C=O) groups excluding carboxylic acids is 3. The molecule has 9 heteroatoms. The summed E-state index contributed by atoms with van der Waals surface area (Å²) in [6.45, 7) is 1.76. The zero-order chi connectivity index (χ0) is 18.3. The van der Waals surface area contributed by atoms with E-state index in [9.17, 15) is 23.2 Å². The molecule has 0 fully saturated rings. The maximum Gasteiger partial charge on any atom is 0.387 e. The third kappa shape index (κ3) is 6.59. The summed E-state index contributed by atoms with van der Waals surface area (Å²) in [7, 11) is 0. The number of esters is 1. The van der Waals surface area contributed by atoms with E-state index in [0.29, 0.717) is 0 Å². The average molecular weight is 344 g/mol. The quantitative estimate of drug-likeness (QED) is 0.771. The van der Waals surface area contributed by atoms with Gasteiger partial charge in [0.05, 0.1) is 5.56 Å². The van der Waals surface area contributed by atoms with Crippen LogP contribution >= 0.6 is 0 Å². The lowest BCUT2D eigenvalue weighted by Crippen LogP contribution is -2.46. The Morgan fingerprint density at radius 1 is 1.04 bits per heavy atom. The second kappa shape index (κ2) is 8.80. The summed E-state index contributed by atoms with van der Waals surface area (Å²) in [5, 5.41) is 4.48. The van der Waals surface area contributed by atoms with E-state index in [1.165, 1.54) is 31.2 Å². The fraction of sp³-hybridized carbons (Fsp3) is 0.400. The van der Waals surface area contributed by atoms with Gasteiger partial charge >= 0.3 is 18.6 Å². The van der Waals surface area contributed by atoms with Gasteiger partial charge in [-0.15, -0.1) is 0 Å². The fourth-order valence-electron chi connectivity index (χ4n) is 1.57. The zero-order valence-corrected chi connectivity index (χ0v) is 13.3. The molecule has 0 aliphatic carbocycles. The van der Waals surface area contributed by atoms with Gasteiger partial charge in [0.25, 0.3) is 5.91 Å². The van der Waals surface area contributed by atoms with Gasteiger partial charge in [-0.2, -0.15) is 8.78 Å². The molecule has 2 N–H and O–H groups in total. The van der Waals surface area contributed by atoms with E-state index in [2.05, 4.69) is 10.1 Å². The number of hydrogen-bond donors (Lipinski definition) is 2. The van der Waals surface area contributed by atoms with Crippen molar-refractivity contribution < 1.29 is 32.6 Å². The van der Waals surface area contributed by atoms with Crippen LogP contribution in [-0.4, -0.2) is 36.7 Å². The van der Waals surface area contributed by atoms with E-state index in [-0.39, 0.29) is 17.4 Å². The number of rotatable bonds is 6. The first-order valence-electron chi connectivity index (χ1n) is 7.06. The molecule has 0 heterocycles. The van der Waals surface area contributed by atoms with Crippen molar-refractivity contribution in [3.05, 3.63) is 29.8 Å². The monoisotopic (exact) mass is 344 g/mol. The number of hydrogen-bond acceptors (Lipinski definition) is 5. The molecule has 0 saturated heterocycles. The van der Waals surface area contributed by atoms with E-state index in [1.807, 2.05) is 5.32 Å². The molecular weight excluding hydrogens is 326 g/mol. The molecular formula is C15H18F2N2O5. The van der Waals surface area contributed by atoms with Crippen LogP contribution in [0.15, 0.2) is 24.3 Å². The SMILES string of the molecule is CC(C)NC(=O)NC(=O)[C@H](C)OC(=O)c1ccc(OC(F)F)cc1. The minimum absolute atomic E-state index is 0.0444. The smallest absolute Gasteiger partial charge is 0.387 e. The van der Waals surface area contributed by atoms with E-state index in [4.69, 9.17) is 4.74 Å². The van der Waals surface area contributed by atoms with Gasteiger partial charge < -0.3 is 14.8 Å². The molecule has 0 bridgehead atoms. The molecule has 0 aliphatic heterocycles. The standard InChI is InChI=1S/C15H18F2N2O5/c1-8(2)18-15(22)19-12(20)9(3)23-13(21)10-4-6-11(7-5-10)24-14(16)17/h4-9,14H,1-3H3,(H2,18,19,20,22)/t9-/m0/s1. The van der Waals surface area contributed by atoms with E-state index in [0.717, 1.165) is 0 Å². The molecule has 7 nitrogen and oxygen atoms in total. The van der Waals surface area contributed by atoms with Gasteiger partial charge in [-0.25, -0.2) is 9.59 Å². The van der Waals surface area contributed by atoms with Crippen LogP contribution in [0.2, 0.25) is 0 Å². The number of nitrogens with one attached hydrogen (secondary N) is 2. The number of benzene rings is 1. The Bertz CT molecular complexity index is 590. The van der Waals surface area contributed by atoms with E-state index >= 15 is 0 Å². The van der Waals surface area contributed by atoms with Crippen molar-refractivity contribution in [2.24, 2.45) is 0 Å². The zero-order valence-electron chi connectivity index (χ0n) is 13.3. The maximum absolute atomic E-state index is 12.0. The van der Waals surface area contributed by atoms with Gasteiger partial charge in [0.15, 0.2) is 6.10 Å². The number of urea groups is 1. The van der Waals surface area contributed by atoms with E-state index in [1.54, 1.807) is 13.8 Å². The molecule has 1 aromatic rings. The maximum atomic E-state index is 12.0. The predicted molar refractivity (Wildman–Crippen MR) is 79.8 cm³/mol. The first-order chi connectivity index (χ1) is 11.2. The van der Waals surface area contributed by atoms with Crippen LogP contribution in [0.1, 0.15) is 31.1 Å². The lowest BCUT2D eigenvalue weighted by molar-refractivity contribution is -0.127. The number of ether oxygens (including phenoxy) is 2. The highest BCUT2D eigenvalue weighted by molar-refractivity contribution is 5.98. The molecule has 0 unspecified atom stereocenters. The second-order valence-electron chi connectivity index (χ2n) is 5.07. The molecule has 0 aliphatic rings. The summed E-state index contributed by atoms with van der Waals surface area (Å²) in [6, 6.07) is 3.91. The van der Waals surface area contributed by atoms with Crippen LogP contribution in [0.3, 0.4) is 0 Å². The highest BCUT2D eigenvalue weighted by Gasteiger charge is 2.21. The Morgan fingerprint density at radius 2 is 1.62 bits per heavy atom. The molecule has 0 saturated carbocycles. The van der Waals surface area contributed by atoms with Crippen molar-refractivity contribution >= 4 is 17.9 Å². The van der Waals surface area contributed by atoms with Crippen molar-refractivity contribution in [1.82, 2.24) is 10.6 Å². The van der Waals surface area contributed by atoms with Crippen molar-refractivity contribution in [2.45, 2.75) is 39.5 Å². The molecule has 0 radical (unpaired) electrons. The van der Waals surface area contributed by atoms with Gasteiger partial charge in [-0.1, -0.05) is 0 Å². The van der Waals surface area contributed by atoms with Crippen molar-refractivity contribution in [1.29, 1.82) is 0 Å². The van der Waals surface area contributed by atoms with Gasteiger partial charge in [0.2, 0.25) is 0 Å². The summed E-state index contributed by atoms with van der Waals surface area (Å²) < 4.78 is 33.1. The van der Waals surface area contributed by atoms with Crippen LogP contribution in [0.5, 0.6) is 5.75 Å². The molecule has 132 valence electrons. The van der Waals surface area contributed by atoms with Crippen LogP contribution in [-0.2, 0) is 9.53 Å². The summed E-state index contributed by atoms with van der Waals surface area (Å²) >= 11 is 0. The first kappa shape index (κ1) is 19.3. The number of halogens is 2. The summed E-state index contributed by atoms with van der Waals surface area (Å²) in [6.07, 6.45) is -1.22. The molecule has 3 amide bonds. The van der Waals surface area contributed by atoms with Gasteiger partial charge in [0, 0.05) is 6.04 Å². The lowest BCUT2D eigenvalue weighted by atomic mass is 10.2. The largest absolute Gasteiger partial charge is 0.449 e. The molecule has 1 atom stereocenters. The summed E-state index contributed by atoms with van der Waals surface area (Å²) in [5.41, 5.74) is 0.0444. The van der Waals surface area contributed by atoms with Gasteiger partial charge in [-0.3, -0.25) is 10.1 Å². The Hall–Kier alpha value is -2.71. The first-order valence-corrected chi connectivity index (χ1v) is 7.06. The number of amides is 3. The molecule has 0 spiro atoms. The Kier molecular flexibility index (Phi) is 7.09. The Morgan fingerprint density at radius 3 is 2.12 bits per heavy atom. The van der Waals surface area contributed by atoms with Crippen LogP contribution in [0, 0.1) is 0 Å². The molecule has 1 rings (SSSR count). The molecule has 1 aromatic carbocycles. The highest BCUT2D eigenvalue weighted by Crippen LogP contribution is 2.15. The van der Waals surface area contributed by atoms with Crippen LogP contribution in [0.25, 0.3) is 0 Å². The van der Waals surface area contributed by atoms with Gasteiger partial charge in [-0.05, 0) is 45.0 Å².